The molecule has 3 N–H and O–H groups in total. The largest absolute Gasteiger partial charge is 0.383 e. The van der Waals surface area contributed by atoms with Gasteiger partial charge in [0.2, 0.25) is 0 Å². The third kappa shape index (κ3) is 4.87. The van der Waals surface area contributed by atoms with E-state index in [2.05, 4.69) is 4.72 Å². The molecule has 0 bridgehead atoms. The fourth-order valence-corrected chi connectivity index (χ4v) is 1.71. The Hall–Kier alpha value is -0.210. The van der Waals surface area contributed by atoms with Crippen LogP contribution in [0.15, 0.2) is 0 Å². The minimum atomic E-state index is -3.39. The summed E-state index contributed by atoms with van der Waals surface area (Å²) < 4.78 is 31.3. The van der Waals surface area contributed by atoms with E-state index in [4.69, 9.17) is 10.5 Å². The molecule has 0 radical (unpaired) electrons. The van der Waals surface area contributed by atoms with Crippen molar-refractivity contribution in [1.82, 2.24) is 9.03 Å². The van der Waals surface area contributed by atoms with Gasteiger partial charge >= 0.3 is 0 Å². The van der Waals surface area contributed by atoms with Gasteiger partial charge < -0.3 is 10.5 Å². The molecule has 0 aliphatic carbocycles. The number of ether oxygens (including phenoxy) is 1. The van der Waals surface area contributed by atoms with E-state index in [1.54, 1.807) is 0 Å². The Kier molecular flexibility index (Phi) is 6.21. The summed E-state index contributed by atoms with van der Waals surface area (Å²) in [6.45, 7) is 0.744. The molecule has 0 amide bonds. The average molecular weight is 225 g/mol. The quantitative estimate of drug-likeness (QED) is 0.567. The normalized spacial score (nSPS) is 14.6. The van der Waals surface area contributed by atoms with Gasteiger partial charge in [0.05, 0.1) is 6.61 Å². The molecule has 0 saturated heterocycles. The van der Waals surface area contributed by atoms with Crippen LogP contribution in [0.3, 0.4) is 0 Å². The number of nitrogens with two attached hydrogens (primary N) is 1. The van der Waals surface area contributed by atoms with Gasteiger partial charge in [-0.15, -0.1) is 0 Å². The molecule has 1 unspecified atom stereocenters. The fraction of sp³-hybridized carbons (Fsp3) is 1.00. The summed E-state index contributed by atoms with van der Waals surface area (Å²) in [7, 11) is 1.06. The number of methoxy groups -OCH3 is 1. The maximum Gasteiger partial charge on any atom is 0.279 e. The minimum absolute atomic E-state index is 0.266. The minimum Gasteiger partial charge on any atom is -0.383 e. The summed E-state index contributed by atoms with van der Waals surface area (Å²) in [5.41, 5.74) is 5.35. The van der Waals surface area contributed by atoms with Crippen LogP contribution in [-0.2, 0) is 14.9 Å². The SMILES string of the molecule is COCC(CCN)NS(=O)(=O)N(C)C. The van der Waals surface area contributed by atoms with Crippen molar-refractivity contribution in [2.75, 3.05) is 34.4 Å². The van der Waals surface area contributed by atoms with Gasteiger partial charge in [0.25, 0.3) is 10.2 Å². The first-order chi connectivity index (χ1) is 6.44. The lowest BCUT2D eigenvalue weighted by Crippen LogP contribution is -2.44. The van der Waals surface area contributed by atoms with Crippen LogP contribution >= 0.6 is 0 Å². The second kappa shape index (κ2) is 6.31. The van der Waals surface area contributed by atoms with Crippen LogP contribution in [0, 0.1) is 0 Å². The molecular weight excluding hydrogens is 206 g/mol. The van der Waals surface area contributed by atoms with Gasteiger partial charge in [-0.3, -0.25) is 0 Å². The Balaban J connectivity index is 4.28. The number of rotatable bonds is 7. The van der Waals surface area contributed by atoms with Crippen molar-refractivity contribution in [3.63, 3.8) is 0 Å². The van der Waals surface area contributed by atoms with E-state index in [9.17, 15) is 8.42 Å². The summed E-state index contributed by atoms with van der Waals surface area (Å²) in [6.07, 6.45) is 0.556. The number of nitrogens with zero attached hydrogens (tertiary/aromatic N) is 1. The predicted octanol–water partition coefficient (Wildman–Crippen LogP) is -1.25. The lowest BCUT2D eigenvalue weighted by atomic mass is 10.2. The predicted molar refractivity (Wildman–Crippen MR) is 55.1 cm³/mol. The summed E-state index contributed by atoms with van der Waals surface area (Å²) in [4.78, 5) is 0. The second-order valence-corrected chi connectivity index (χ2v) is 5.05. The Bertz CT molecular complexity index is 235. The van der Waals surface area contributed by atoms with Crippen molar-refractivity contribution < 1.29 is 13.2 Å². The second-order valence-electron chi connectivity index (χ2n) is 3.13. The van der Waals surface area contributed by atoms with Crippen LogP contribution in [0.5, 0.6) is 0 Å². The van der Waals surface area contributed by atoms with Crippen molar-refractivity contribution in [3.8, 4) is 0 Å². The topological polar surface area (TPSA) is 84.7 Å². The standard InChI is InChI=1S/C7H19N3O3S/c1-10(2)14(11,12)9-7(4-5-8)6-13-3/h7,9H,4-6,8H2,1-3H3. The van der Waals surface area contributed by atoms with Gasteiger partial charge in [0.15, 0.2) is 0 Å². The van der Waals surface area contributed by atoms with E-state index >= 15 is 0 Å². The summed E-state index contributed by atoms with van der Waals surface area (Å²) in [6, 6.07) is -0.266. The number of hydrogen-bond acceptors (Lipinski definition) is 4. The zero-order valence-electron chi connectivity index (χ0n) is 8.86. The monoisotopic (exact) mass is 225 g/mol. The number of nitrogens with one attached hydrogen (secondary N) is 1. The van der Waals surface area contributed by atoms with Crippen LogP contribution in [0.4, 0.5) is 0 Å². The van der Waals surface area contributed by atoms with Crippen molar-refractivity contribution in [2.45, 2.75) is 12.5 Å². The third-order valence-corrected chi connectivity index (χ3v) is 3.27. The molecule has 0 saturated carbocycles. The van der Waals surface area contributed by atoms with E-state index in [-0.39, 0.29) is 6.04 Å². The highest BCUT2D eigenvalue weighted by Crippen LogP contribution is 1.97. The van der Waals surface area contributed by atoms with Crippen LogP contribution in [-0.4, -0.2) is 53.1 Å². The van der Waals surface area contributed by atoms with Crippen LogP contribution in [0.1, 0.15) is 6.42 Å². The highest BCUT2D eigenvalue weighted by atomic mass is 32.2. The molecule has 7 heteroatoms. The molecule has 1 atom stereocenters. The molecule has 0 heterocycles. The smallest absolute Gasteiger partial charge is 0.279 e. The molecule has 0 aromatic rings. The summed E-state index contributed by atoms with van der Waals surface area (Å²) in [5.74, 6) is 0. The average Bonchev–Trinajstić information content (AvgIpc) is 2.04. The van der Waals surface area contributed by atoms with Crippen LogP contribution in [0.25, 0.3) is 0 Å². The van der Waals surface area contributed by atoms with E-state index < -0.39 is 10.2 Å². The maximum absolute atomic E-state index is 11.4. The lowest BCUT2D eigenvalue weighted by Gasteiger charge is -2.19. The van der Waals surface area contributed by atoms with Gasteiger partial charge in [0, 0.05) is 27.2 Å². The van der Waals surface area contributed by atoms with E-state index in [0.717, 1.165) is 4.31 Å². The van der Waals surface area contributed by atoms with Gasteiger partial charge in [-0.1, -0.05) is 0 Å². The zero-order valence-corrected chi connectivity index (χ0v) is 9.67. The zero-order chi connectivity index (χ0) is 11.2. The van der Waals surface area contributed by atoms with Crippen molar-refractivity contribution in [3.05, 3.63) is 0 Å². The van der Waals surface area contributed by atoms with Gasteiger partial charge in [0.1, 0.15) is 0 Å². The van der Waals surface area contributed by atoms with Crippen LogP contribution < -0.4 is 10.5 Å². The molecule has 6 nitrogen and oxygen atoms in total. The van der Waals surface area contributed by atoms with E-state index in [0.29, 0.717) is 19.6 Å². The molecule has 0 rings (SSSR count). The van der Waals surface area contributed by atoms with Gasteiger partial charge in [-0.2, -0.15) is 17.4 Å². The Morgan fingerprint density at radius 1 is 1.50 bits per heavy atom. The highest BCUT2D eigenvalue weighted by Gasteiger charge is 2.18. The Morgan fingerprint density at radius 3 is 2.43 bits per heavy atom. The van der Waals surface area contributed by atoms with Crippen molar-refractivity contribution >= 4 is 10.2 Å². The molecule has 0 fully saturated rings. The summed E-state index contributed by atoms with van der Waals surface area (Å²) >= 11 is 0. The molecule has 86 valence electrons. The van der Waals surface area contributed by atoms with E-state index in [1.807, 2.05) is 0 Å². The third-order valence-electron chi connectivity index (χ3n) is 1.68. The lowest BCUT2D eigenvalue weighted by molar-refractivity contribution is 0.171. The maximum atomic E-state index is 11.4. The van der Waals surface area contributed by atoms with Crippen molar-refractivity contribution in [2.24, 2.45) is 5.73 Å². The first kappa shape index (κ1) is 13.8. The molecule has 0 aliphatic heterocycles. The Morgan fingerprint density at radius 2 is 2.07 bits per heavy atom. The highest BCUT2D eigenvalue weighted by molar-refractivity contribution is 7.87. The summed E-state index contributed by atoms with van der Waals surface area (Å²) in [5, 5.41) is 0. The van der Waals surface area contributed by atoms with Gasteiger partial charge in [-0.05, 0) is 13.0 Å². The molecule has 0 aromatic carbocycles. The van der Waals surface area contributed by atoms with E-state index in [1.165, 1.54) is 21.2 Å². The Labute approximate surface area is 85.6 Å². The first-order valence-electron chi connectivity index (χ1n) is 4.32. The molecular formula is C7H19N3O3S. The molecule has 14 heavy (non-hydrogen) atoms. The van der Waals surface area contributed by atoms with Crippen molar-refractivity contribution in [1.29, 1.82) is 0 Å². The first-order valence-corrected chi connectivity index (χ1v) is 5.76. The molecule has 0 aliphatic rings. The van der Waals surface area contributed by atoms with Gasteiger partial charge in [-0.25, -0.2) is 0 Å². The number of hydrogen-bond donors (Lipinski definition) is 2. The van der Waals surface area contributed by atoms with Crippen LogP contribution in [0.2, 0.25) is 0 Å². The molecule has 0 aromatic heterocycles. The fourth-order valence-electron chi connectivity index (χ4n) is 0.895. The molecule has 0 spiro atoms.